The molecule has 2 aromatic carbocycles. The van der Waals surface area contributed by atoms with E-state index in [0.29, 0.717) is 25.3 Å². The molecule has 0 unspecified atom stereocenters. The van der Waals surface area contributed by atoms with E-state index in [2.05, 4.69) is 4.98 Å². The summed E-state index contributed by atoms with van der Waals surface area (Å²) < 4.78 is 13.1. The van der Waals surface area contributed by atoms with E-state index in [-0.39, 0.29) is 5.56 Å². The van der Waals surface area contributed by atoms with Crippen molar-refractivity contribution in [2.75, 3.05) is 13.7 Å². The van der Waals surface area contributed by atoms with Gasteiger partial charge in [0.15, 0.2) is 0 Å². The number of hydrogen-bond acceptors (Lipinski definition) is 4. The molecule has 0 spiro atoms. The molecular formula is C19H20N2O4. The molecule has 0 atom stereocenters. The van der Waals surface area contributed by atoms with E-state index in [0.717, 1.165) is 22.7 Å². The number of aromatic nitrogens is 2. The molecule has 0 saturated carbocycles. The van der Waals surface area contributed by atoms with Gasteiger partial charge in [0, 0.05) is 13.7 Å². The number of aromatic carboxylic acids is 1. The number of methoxy groups -OCH3 is 1. The summed E-state index contributed by atoms with van der Waals surface area (Å²) in [5.41, 5.74) is 2.77. The summed E-state index contributed by atoms with van der Waals surface area (Å²) in [6.45, 7) is 3.43. The number of carboxylic acids is 1. The smallest absolute Gasteiger partial charge is 0.335 e. The van der Waals surface area contributed by atoms with E-state index >= 15 is 0 Å². The van der Waals surface area contributed by atoms with Crippen LogP contribution in [0.4, 0.5) is 0 Å². The second kappa shape index (κ2) is 7.36. The maximum atomic E-state index is 11.2. The van der Waals surface area contributed by atoms with Crippen molar-refractivity contribution in [3.63, 3.8) is 0 Å². The Morgan fingerprint density at radius 3 is 2.76 bits per heavy atom. The molecule has 0 aliphatic rings. The molecular weight excluding hydrogens is 320 g/mol. The number of rotatable bonds is 7. The van der Waals surface area contributed by atoms with Gasteiger partial charge in [-0.2, -0.15) is 0 Å². The van der Waals surface area contributed by atoms with Gasteiger partial charge in [-0.05, 0) is 36.8 Å². The van der Waals surface area contributed by atoms with Gasteiger partial charge in [0.2, 0.25) is 0 Å². The summed E-state index contributed by atoms with van der Waals surface area (Å²) in [6, 6.07) is 12.7. The predicted molar refractivity (Wildman–Crippen MR) is 94.1 cm³/mol. The highest BCUT2D eigenvalue weighted by atomic mass is 16.5. The molecule has 1 aromatic heterocycles. The minimum atomic E-state index is -0.967. The lowest BCUT2D eigenvalue weighted by molar-refractivity contribution is 0.0697. The Labute approximate surface area is 145 Å². The van der Waals surface area contributed by atoms with Crippen molar-refractivity contribution in [2.24, 2.45) is 0 Å². The number of nitrogens with zero attached hydrogens (tertiary/aromatic N) is 2. The van der Waals surface area contributed by atoms with Gasteiger partial charge in [0.1, 0.15) is 18.2 Å². The lowest BCUT2D eigenvalue weighted by Crippen LogP contribution is -2.11. The number of fused-ring (bicyclic) bond motifs is 1. The fraction of sp³-hybridized carbons (Fsp3) is 0.263. The SMILES string of the molecule is COCCn1c(COc2ccccc2C)nc2cc(C(=O)O)ccc21. The molecule has 3 rings (SSSR count). The summed E-state index contributed by atoms with van der Waals surface area (Å²) in [6.07, 6.45) is 0. The Hall–Kier alpha value is -2.86. The highest BCUT2D eigenvalue weighted by Gasteiger charge is 2.14. The molecule has 1 heterocycles. The summed E-state index contributed by atoms with van der Waals surface area (Å²) >= 11 is 0. The fourth-order valence-electron chi connectivity index (χ4n) is 2.72. The van der Waals surface area contributed by atoms with Crippen LogP contribution in [-0.2, 0) is 17.9 Å². The Bertz CT molecular complexity index is 902. The van der Waals surface area contributed by atoms with Gasteiger partial charge in [0.25, 0.3) is 0 Å². The maximum absolute atomic E-state index is 11.2. The first-order chi connectivity index (χ1) is 12.1. The molecule has 0 radical (unpaired) electrons. The third-order valence-electron chi connectivity index (χ3n) is 4.04. The fourth-order valence-corrected chi connectivity index (χ4v) is 2.72. The van der Waals surface area contributed by atoms with Crippen LogP contribution in [0, 0.1) is 6.92 Å². The first-order valence-corrected chi connectivity index (χ1v) is 8.00. The molecule has 0 fully saturated rings. The van der Waals surface area contributed by atoms with Gasteiger partial charge in [-0.1, -0.05) is 18.2 Å². The number of carboxylic acid groups (broad SMARTS) is 1. The van der Waals surface area contributed by atoms with Crippen LogP contribution in [0.15, 0.2) is 42.5 Å². The second-order valence-corrected chi connectivity index (χ2v) is 5.74. The second-order valence-electron chi connectivity index (χ2n) is 5.74. The molecule has 6 nitrogen and oxygen atoms in total. The summed E-state index contributed by atoms with van der Waals surface area (Å²) in [5.74, 6) is 0.572. The van der Waals surface area contributed by atoms with Crippen LogP contribution in [0.1, 0.15) is 21.7 Å². The minimum absolute atomic E-state index is 0.218. The topological polar surface area (TPSA) is 73.6 Å². The molecule has 3 aromatic rings. The van der Waals surface area contributed by atoms with Crippen LogP contribution in [0.25, 0.3) is 11.0 Å². The van der Waals surface area contributed by atoms with Crippen molar-refractivity contribution in [2.45, 2.75) is 20.1 Å². The number of aryl methyl sites for hydroxylation is 1. The van der Waals surface area contributed by atoms with E-state index in [1.54, 1.807) is 25.3 Å². The van der Waals surface area contributed by atoms with Crippen molar-refractivity contribution in [1.82, 2.24) is 9.55 Å². The quantitative estimate of drug-likeness (QED) is 0.714. The van der Waals surface area contributed by atoms with Crippen molar-refractivity contribution >= 4 is 17.0 Å². The van der Waals surface area contributed by atoms with Gasteiger partial charge < -0.3 is 19.1 Å². The summed E-state index contributed by atoms with van der Waals surface area (Å²) in [4.78, 5) is 15.7. The predicted octanol–water partition coefficient (Wildman–Crippen LogP) is 3.27. The highest BCUT2D eigenvalue weighted by molar-refractivity contribution is 5.92. The molecule has 0 aliphatic carbocycles. The molecule has 0 bridgehead atoms. The zero-order valence-electron chi connectivity index (χ0n) is 14.2. The van der Waals surface area contributed by atoms with Crippen LogP contribution in [0.2, 0.25) is 0 Å². The molecule has 0 aliphatic heterocycles. The van der Waals surface area contributed by atoms with Crippen molar-refractivity contribution in [3.05, 3.63) is 59.4 Å². The van der Waals surface area contributed by atoms with Crippen molar-refractivity contribution in [3.8, 4) is 5.75 Å². The molecule has 6 heteroatoms. The number of carbonyl (C=O) groups is 1. The minimum Gasteiger partial charge on any atom is -0.485 e. The summed E-state index contributed by atoms with van der Waals surface area (Å²) in [5, 5.41) is 9.17. The number of ether oxygens (including phenoxy) is 2. The van der Waals surface area contributed by atoms with Crippen LogP contribution in [0.5, 0.6) is 5.75 Å². The first kappa shape index (κ1) is 17.0. The van der Waals surface area contributed by atoms with E-state index in [1.807, 2.05) is 35.8 Å². The lowest BCUT2D eigenvalue weighted by atomic mass is 10.2. The van der Waals surface area contributed by atoms with Crippen LogP contribution in [0.3, 0.4) is 0 Å². The van der Waals surface area contributed by atoms with Crippen LogP contribution in [-0.4, -0.2) is 34.3 Å². The molecule has 130 valence electrons. The van der Waals surface area contributed by atoms with E-state index in [1.165, 1.54) is 0 Å². The number of imidazole rings is 1. The van der Waals surface area contributed by atoms with Crippen LogP contribution >= 0.6 is 0 Å². The Morgan fingerprint density at radius 2 is 2.04 bits per heavy atom. The normalized spacial score (nSPS) is 11.0. The van der Waals surface area contributed by atoms with E-state index < -0.39 is 5.97 Å². The van der Waals surface area contributed by atoms with Crippen LogP contribution < -0.4 is 4.74 Å². The monoisotopic (exact) mass is 340 g/mol. The van der Waals surface area contributed by atoms with Gasteiger partial charge in [-0.15, -0.1) is 0 Å². The first-order valence-electron chi connectivity index (χ1n) is 8.00. The van der Waals surface area contributed by atoms with Gasteiger partial charge >= 0.3 is 5.97 Å². The van der Waals surface area contributed by atoms with Gasteiger partial charge in [0.05, 0.1) is 23.2 Å². The number of benzene rings is 2. The van der Waals surface area contributed by atoms with Crippen molar-refractivity contribution in [1.29, 1.82) is 0 Å². The number of para-hydroxylation sites is 1. The molecule has 1 N–H and O–H groups in total. The standard InChI is InChI=1S/C19H20N2O4/c1-13-5-3-4-6-17(13)25-12-18-20-15-11-14(19(22)23)7-8-16(15)21(18)9-10-24-2/h3-8,11H,9-10,12H2,1-2H3,(H,22,23). The Morgan fingerprint density at radius 1 is 1.24 bits per heavy atom. The third kappa shape index (κ3) is 3.64. The van der Waals surface area contributed by atoms with Gasteiger partial charge in [-0.25, -0.2) is 9.78 Å². The lowest BCUT2D eigenvalue weighted by Gasteiger charge is -2.11. The average molecular weight is 340 g/mol. The highest BCUT2D eigenvalue weighted by Crippen LogP contribution is 2.21. The largest absolute Gasteiger partial charge is 0.485 e. The zero-order chi connectivity index (χ0) is 17.8. The average Bonchev–Trinajstić information content (AvgIpc) is 2.95. The molecule has 0 amide bonds. The molecule has 0 saturated heterocycles. The third-order valence-corrected chi connectivity index (χ3v) is 4.04. The zero-order valence-corrected chi connectivity index (χ0v) is 14.2. The van der Waals surface area contributed by atoms with E-state index in [9.17, 15) is 4.79 Å². The molecule has 25 heavy (non-hydrogen) atoms. The number of hydrogen-bond donors (Lipinski definition) is 1. The van der Waals surface area contributed by atoms with Gasteiger partial charge in [-0.3, -0.25) is 0 Å². The van der Waals surface area contributed by atoms with E-state index in [4.69, 9.17) is 14.6 Å². The Kier molecular flexibility index (Phi) is 5.00. The Balaban J connectivity index is 1.94. The summed E-state index contributed by atoms with van der Waals surface area (Å²) in [7, 11) is 1.64. The maximum Gasteiger partial charge on any atom is 0.335 e. The van der Waals surface area contributed by atoms with Crippen molar-refractivity contribution < 1.29 is 19.4 Å².